The van der Waals surface area contributed by atoms with Gasteiger partial charge in [0.05, 0.1) is 23.1 Å². The first-order chi connectivity index (χ1) is 7.56. The molecule has 0 aliphatic rings. The fourth-order valence-corrected chi connectivity index (χ4v) is 1.75. The van der Waals surface area contributed by atoms with Gasteiger partial charge in [-0.25, -0.2) is 0 Å². The Morgan fingerprint density at radius 3 is 3.00 bits per heavy atom. The first-order valence-electron chi connectivity index (χ1n) is 4.68. The summed E-state index contributed by atoms with van der Waals surface area (Å²) in [4.78, 5) is 11.8. The second-order valence-electron chi connectivity index (χ2n) is 3.34. The summed E-state index contributed by atoms with van der Waals surface area (Å²) >= 11 is 9.22. The number of rotatable bonds is 3. The first-order valence-corrected chi connectivity index (χ1v) is 5.85. The Morgan fingerprint density at radius 2 is 2.38 bits per heavy atom. The van der Waals surface area contributed by atoms with Crippen LogP contribution in [-0.2, 0) is 0 Å². The van der Waals surface area contributed by atoms with Gasteiger partial charge in [0.25, 0.3) is 5.91 Å². The van der Waals surface area contributed by atoms with Crippen molar-refractivity contribution in [2.24, 2.45) is 0 Å². The Kier molecular flexibility index (Phi) is 4.78. The largest absolute Gasteiger partial charge is 0.349 e. The van der Waals surface area contributed by atoms with E-state index in [1.807, 2.05) is 6.07 Å². The fraction of sp³-hybridized carbons (Fsp3) is 0.273. The highest BCUT2D eigenvalue weighted by molar-refractivity contribution is 9.10. The highest BCUT2D eigenvalue weighted by Gasteiger charge is 2.14. The van der Waals surface area contributed by atoms with Gasteiger partial charge in [-0.05, 0) is 35.0 Å². The zero-order valence-electron chi connectivity index (χ0n) is 8.63. The van der Waals surface area contributed by atoms with E-state index in [4.69, 9.17) is 16.9 Å². The second-order valence-corrected chi connectivity index (χ2v) is 4.57. The third kappa shape index (κ3) is 3.22. The van der Waals surface area contributed by atoms with E-state index in [0.29, 0.717) is 15.1 Å². The number of hydrogen-bond acceptors (Lipinski definition) is 2. The van der Waals surface area contributed by atoms with E-state index in [-0.39, 0.29) is 18.4 Å². The van der Waals surface area contributed by atoms with Crippen molar-refractivity contribution in [3.05, 3.63) is 33.3 Å². The van der Waals surface area contributed by atoms with Gasteiger partial charge in [-0.3, -0.25) is 4.79 Å². The van der Waals surface area contributed by atoms with Crippen LogP contribution in [0.2, 0.25) is 5.02 Å². The maximum absolute atomic E-state index is 11.8. The lowest BCUT2D eigenvalue weighted by Crippen LogP contribution is -2.32. The van der Waals surface area contributed by atoms with Gasteiger partial charge in [0.15, 0.2) is 0 Å². The standard InChI is InChI=1S/C11H10BrClN2O/c1-7(5-6-14)15-11(16)8-3-2-4-9(12)10(8)13/h2-4,7H,5H2,1H3,(H,15,16)/t7-/m0/s1. The molecule has 0 saturated carbocycles. The van der Waals surface area contributed by atoms with Crippen LogP contribution in [0.15, 0.2) is 22.7 Å². The number of nitrogens with one attached hydrogen (secondary N) is 1. The van der Waals surface area contributed by atoms with Crippen LogP contribution >= 0.6 is 27.5 Å². The molecule has 0 aliphatic carbocycles. The van der Waals surface area contributed by atoms with Gasteiger partial charge in [-0.15, -0.1) is 0 Å². The number of amides is 1. The van der Waals surface area contributed by atoms with E-state index < -0.39 is 0 Å². The SMILES string of the molecule is C[C@@H](CC#N)NC(=O)c1cccc(Br)c1Cl. The number of halogens is 2. The van der Waals surface area contributed by atoms with E-state index in [9.17, 15) is 4.79 Å². The molecule has 1 amide bonds. The van der Waals surface area contributed by atoms with Crippen molar-refractivity contribution in [2.75, 3.05) is 0 Å². The molecule has 1 aromatic rings. The molecule has 3 nitrogen and oxygen atoms in total. The summed E-state index contributed by atoms with van der Waals surface area (Å²) in [5.74, 6) is -0.269. The van der Waals surface area contributed by atoms with Crippen LogP contribution in [0.1, 0.15) is 23.7 Å². The van der Waals surface area contributed by atoms with Crippen molar-refractivity contribution in [3.8, 4) is 6.07 Å². The summed E-state index contributed by atoms with van der Waals surface area (Å²) in [6.45, 7) is 1.77. The van der Waals surface area contributed by atoms with Crippen LogP contribution in [0.4, 0.5) is 0 Å². The maximum atomic E-state index is 11.8. The monoisotopic (exact) mass is 300 g/mol. The summed E-state index contributed by atoms with van der Waals surface area (Å²) in [6.07, 6.45) is 0.275. The van der Waals surface area contributed by atoms with Crippen molar-refractivity contribution >= 4 is 33.4 Å². The quantitative estimate of drug-likeness (QED) is 0.932. The number of carbonyl (C=O) groups excluding carboxylic acids is 1. The van der Waals surface area contributed by atoms with Crippen molar-refractivity contribution in [2.45, 2.75) is 19.4 Å². The third-order valence-electron chi connectivity index (χ3n) is 1.97. The minimum absolute atomic E-state index is 0.187. The van der Waals surface area contributed by atoms with E-state index in [2.05, 4.69) is 21.2 Å². The summed E-state index contributed by atoms with van der Waals surface area (Å²) in [7, 11) is 0. The molecule has 0 spiro atoms. The van der Waals surface area contributed by atoms with Crippen LogP contribution in [0.25, 0.3) is 0 Å². The lowest BCUT2D eigenvalue weighted by molar-refractivity contribution is 0.0941. The third-order valence-corrected chi connectivity index (χ3v) is 3.27. The average molecular weight is 302 g/mol. The molecular weight excluding hydrogens is 291 g/mol. The van der Waals surface area contributed by atoms with E-state index in [0.717, 1.165) is 0 Å². The van der Waals surface area contributed by atoms with Gasteiger partial charge in [-0.1, -0.05) is 17.7 Å². The molecule has 0 aromatic heterocycles. The predicted octanol–water partition coefficient (Wildman–Crippen LogP) is 3.13. The smallest absolute Gasteiger partial charge is 0.253 e. The minimum atomic E-state index is -0.269. The minimum Gasteiger partial charge on any atom is -0.349 e. The highest BCUT2D eigenvalue weighted by atomic mass is 79.9. The number of hydrogen-bond donors (Lipinski definition) is 1. The molecule has 0 aliphatic heterocycles. The van der Waals surface area contributed by atoms with Crippen molar-refractivity contribution in [1.29, 1.82) is 5.26 Å². The lowest BCUT2D eigenvalue weighted by Gasteiger charge is -2.11. The van der Waals surface area contributed by atoms with Crippen molar-refractivity contribution in [3.63, 3.8) is 0 Å². The van der Waals surface area contributed by atoms with E-state index >= 15 is 0 Å². The summed E-state index contributed by atoms with van der Waals surface area (Å²) in [6, 6.07) is 6.94. The normalized spacial score (nSPS) is 11.6. The zero-order chi connectivity index (χ0) is 12.1. The summed E-state index contributed by atoms with van der Waals surface area (Å²) < 4.78 is 0.676. The lowest BCUT2D eigenvalue weighted by atomic mass is 10.2. The molecule has 0 fully saturated rings. The zero-order valence-corrected chi connectivity index (χ0v) is 11.0. The Bertz CT molecular complexity index is 442. The molecule has 1 atom stereocenters. The Hall–Kier alpha value is -1.05. The van der Waals surface area contributed by atoms with Crippen LogP contribution in [0.3, 0.4) is 0 Å². The summed E-state index contributed by atoms with van der Waals surface area (Å²) in [5.41, 5.74) is 0.404. The van der Waals surface area contributed by atoms with Gasteiger partial charge < -0.3 is 5.32 Å². The van der Waals surface area contributed by atoms with E-state index in [1.54, 1.807) is 25.1 Å². The number of carbonyl (C=O) groups is 1. The number of benzene rings is 1. The molecule has 0 saturated heterocycles. The van der Waals surface area contributed by atoms with Gasteiger partial charge in [-0.2, -0.15) is 5.26 Å². The molecule has 84 valence electrons. The molecule has 0 radical (unpaired) electrons. The second kappa shape index (κ2) is 5.88. The molecule has 16 heavy (non-hydrogen) atoms. The Balaban J connectivity index is 2.82. The first kappa shape index (κ1) is 13.0. The van der Waals surface area contributed by atoms with E-state index in [1.165, 1.54) is 0 Å². The Morgan fingerprint density at radius 1 is 1.69 bits per heavy atom. The molecule has 0 unspecified atom stereocenters. The van der Waals surface area contributed by atoms with Gasteiger partial charge in [0, 0.05) is 10.5 Å². The van der Waals surface area contributed by atoms with Crippen LogP contribution in [-0.4, -0.2) is 11.9 Å². The molecule has 5 heteroatoms. The van der Waals surface area contributed by atoms with Crippen molar-refractivity contribution in [1.82, 2.24) is 5.32 Å². The highest BCUT2D eigenvalue weighted by Crippen LogP contribution is 2.25. The fourth-order valence-electron chi connectivity index (χ4n) is 1.17. The van der Waals surface area contributed by atoms with Crippen LogP contribution in [0.5, 0.6) is 0 Å². The van der Waals surface area contributed by atoms with Gasteiger partial charge in [0.1, 0.15) is 0 Å². The number of nitrogens with zero attached hydrogens (tertiary/aromatic N) is 1. The molecular formula is C11H10BrClN2O. The molecule has 0 bridgehead atoms. The van der Waals surface area contributed by atoms with Gasteiger partial charge in [0.2, 0.25) is 0 Å². The predicted molar refractivity (Wildman–Crippen MR) is 66.3 cm³/mol. The number of nitriles is 1. The maximum Gasteiger partial charge on any atom is 0.253 e. The van der Waals surface area contributed by atoms with Crippen LogP contribution < -0.4 is 5.32 Å². The molecule has 1 aromatic carbocycles. The van der Waals surface area contributed by atoms with Crippen LogP contribution in [0, 0.1) is 11.3 Å². The molecule has 1 N–H and O–H groups in total. The van der Waals surface area contributed by atoms with Crippen molar-refractivity contribution < 1.29 is 4.79 Å². The molecule has 0 heterocycles. The molecule has 1 rings (SSSR count). The summed E-state index contributed by atoms with van der Waals surface area (Å²) in [5, 5.41) is 11.6. The Labute approximate surface area is 108 Å². The topological polar surface area (TPSA) is 52.9 Å². The average Bonchev–Trinajstić information content (AvgIpc) is 2.22. The van der Waals surface area contributed by atoms with Gasteiger partial charge >= 0.3 is 0 Å².